The van der Waals surface area contributed by atoms with E-state index in [9.17, 15) is 0 Å². The lowest BCUT2D eigenvalue weighted by molar-refractivity contribution is 0.756. The van der Waals surface area contributed by atoms with E-state index in [-0.39, 0.29) is 0 Å². The van der Waals surface area contributed by atoms with Crippen LogP contribution in [0.5, 0.6) is 0 Å². The molecule has 0 saturated heterocycles. The van der Waals surface area contributed by atoms with Crippen LogP contribution < -0.4 is 0 Å². The maximum atomic E-state index is 4.59. The van der Waals surface area contributed by atoms with Gasteiger partial charge in [-0.15, -0.1) is 5.10 Å². The summed E-state index contributed by atoms with van der Waals surface area (Å²) in [7, 11) is 0. The van der Waals surface area contributed by atoms with Crippen LogP contribution in [0.15, 0.2) is 60.0 Å². The van der Waals surface area contributed by atoms with Crippen LogP contribution in [0, 0.1) is 6.92 Å². The Morgan fingerprint density at radius 2 is 1.96 bits per heavy atom. The minimum atomic E-state index is 0.716. The van der Waals surface area contributed by atoms with E-state index >= 15 is 0 Å². The van der Waals surface area contributed by atoms with Crippen molar-refractivity contribution in [3.8, 4) is 5.69 Å². The van der Waals surface area contributed by atoms with Crippen LogP contribution in [-0.2, 0) is 5.75 Å². The molecule has 3 heterocycles. The van der Waals surface area contributed by atoms with E-state index in [0.29, 0.717) is 5.75 Å². The van der Waals surface area contributed by atoms with Crippen molar-refractivity contribution in [1.82, 2.24) is 29.6 Å². The summed E-state index contributed by atoms with van der Waals surface area (Å²) in [5.74, 6) is 0.716. The lowest BCUT2D eigenvalue weighted by atomic mass is 10.2. The summed E-state index contributed by atoms with van der Waals surface area (Å²) in [6.07, 6.45) is 4.02. The molecular weight excluding hydrogens is 308 g/mol. The highest BCUT2D eigenvalue weighted by molar-refractivity contribution is 7.98. The van der Waals surface area contributed by atoms with Crippen LogP contribution in [0.2, 0.25) is 0 Å². The molecule has 0 fully saturated rings. The van der Waals surface area contributed by atoms with E-state index < -0.39 is 0 Å². The van der Waals surface area contributed by atoms with Crippen molar-refractivity contribution < 1.29 is 0 Å². The zero-order valence-corrected chi connectivity index (χ0v) is 13.3. The predicted molar refractivity (Wildman–Crippen MR) is 88.6 cm³/mol. The molecule has 0 amide bonds. The standard InChI is InChI=1S/C16H14N6S/c1-12-5-7-14(8-6-12)22-16(18-19-20-22)23-11-13-10-21-9-3-2-4-15(21)17-13/h2-10H,11H2,1H3. The Hall–Kier alpha value is -2.67. The van der Waals surface area contributed by atoms with Crippen molar-refractivity contribution in [2.75, 3.05) is 0 Å². The topological polar surface area (TPSA) is 60.9 Å². The molecule has 0 spiro atoms. The lowest BCUT2D eigenvalue weighted by Gasteiger charge is -2.03. The number of imidazole rings is 1. The summed E-state index contributed by atoms with van der Waals surface area (Å²) in [5, 5.41) is 12.7. The van der Waals surface area contributed by atoms with Crippen LogP contribution >= 0.6 is 11.8 Å². The van der Waals surface area contributed by atoms with Gasteiger partial charge in [0.2, 0.25) is 5.16 Å². The molecule has 7 heteroatoms. The van der Waals surface area contributed by atoms with Crippen LogP contribution in [0.3, 0.4) is 0 Å². The molecule has 4 rings (SSSR count). The summed E-state index contributed by atoms with van der Waals surface area (Å²) in [5.41, 5.74) is 4.11. The average Bonchev–Trinajstić information content (AvgIpc) is 3.19. The largest absolute Gasteiger partial charge is 0.307 e. The fourth-order valence-electron chi connectivity index (χ4n) is 2.31. The zero-order chi connectivity index (χ0) is 15.6. The molecule has 0 aliphatic carbocycles. The minimum Gasteiger partial charge on any atom is -0.307 e. The van der Waals surface area contributed by atoms with E-state index in [1.165, 1.54) is 5.56 Å². The van der Waals surface area contributed by atoms with Gasteiger partial charge < -0.3 is 4.40 Å². The van der Waals surface area contributed by atoms with Crippen molar-refractivity contribution >= 4 is 17.4 Å². The molecule has 0 N–H and O–H groups in total. The maximum absolute atomic E-state index is 4.59. The van der Waals surface area contributed by atoms with Crippen molar-refractivity contribution in [2.24, 2.45) is 0 Å². The number of aryl methyl sites for hydroxylation is 1. The Bertz CT molecular complexity index is 908. The van der Waals surface area contributed by atoms with E-state index in [1.807, 2.05) is 59.3 Å². The third kappa shape index (κ3) is 2.83. The highest BCUT2D eigenvalue weighted by Gasteiger charge is 2.10. The second-order valence-corrected chi connectivity index (χ2v) is 6.14. The third-order valence-corrected chi connectivity index (χ3v) is 4.44. The zero-order valence-electron chi connectivity index (χ0n) is 12.5. The highest BCUT2D eigenvalue weighted by atomic mass is 32.2. The average molecular weight is 322 g/mol. The monoisotopic (exact) mass is 322 g/mol. The molecule has 1 aromatic carbocycles. The van der Waals surface area contributed by atoms with E-state index in [0.717, 1.165) is 22.2 Å². The summed E-state index contributed by atoms with van der Waals surface area (Å²) >= 11 is 1.57. The van der Waals surface area contributed by atoms with Gasteiger partial charge in [0.1, 0.15) is 5.65 Å². The third-order valence-electron chi connectivity index (χ3n) is 3.48. The Balaban J connectivity index is 1.55. The van der Waals surface area contributed by atoms with Crippen LogP contribution in [0.1, 0.15) is 11.3 Å². The number of rotatable bonds is 4. The quantitative estimate of drug-likeness (QED) is 0.541. The fourth-order valence-corrected chi connectivity index (χ4v) is 3.09. The number of pyridine rings is 1. The van der Waals surface area contributed by atoms with Crippen molar-refractivity contribution in [3.05, 3.63) is 66.1 Å². The van der Waals surface area contributed by atoms with Gasteiger partial charge in [-0.05, 0) is 41.6 Å². The van der Waals surface area contributed by atoms with Gasteiger partial charge in [0.05, 0.1) is 11.4 Å². The molecule has 6 nitrogen and oxygen atoms in total. The molecule has 23 heavy (non-hydrogen) atoms. The first kappa shape index (κ1) is 14.0. The van der Waals surface area contributed by atoms with Gasteiger partial charge in [-0.3, -0.25) is 0 Å². The Morgan fingerprint density at radius 3 is 2.78 bits per heavy atom. The first-order valence-electron chi connectivity index (χ1n) is 7.20. The summed E-state index contributed by atoms with van der Waals surface area (Å²) in [4.78, 5) is 4.59. The molecule has 114 valence electrons. The second-order valence-electron chi connectivity index (χ2n) is 5.20. The first-order valence-corrected chi connectivity index (χ1v) is 8.19. The highest BCUT2D eigenvalue weighted by Crippen LogP contribution is 2.22. The predicted octanol–water partition coefficient (Wildman–Crippen LogP) is 2.91. The number of benzene rings is 1. The summed E-state index contributed by atoms with van der Waals surface area (Å²) < 4.78 is 3.76. The number of aromatic nitrogens is 6. The van der Waals surface area contributed by atoms with Crippen LogP contribution in [0.25, 0.3) is 11.3 Å². The molecular formula is C16H14N6S. The molecule has 0 radical (unpaired) electrons. The maximum Gasteiger partial charge on any atom is 0.214 e. The molecule has 0 atom stereocenters. The normalized spacial score (nSPS) is 11.2. The molecule has 0 aliphatic rings. The number of tetrazole rings is 1. The minimum absolute atomic E-state index is 0.716. The van der Waals surface area contributed by atoms with Gasteiger partial charge >= 0.3 is 0 Å². The van der Waals surface area contributed by atoms with Crippen molar-refractivity contribution in [1.29, 1.82) is 0 Å². The molecule has 0 bridgehead atoms. The van der Waals surface area contributed by atoms with Crippen molar-refractivity contribution in [3.63, 3.8) is 0 Å². The van der Waals surface area contributed by atoms with E-state index in [4.69, 9.17) is 0 Å². The van der Waals surface area contributed by atoms with Gasteiger partial charge in [-0.1, -0.05) is 35.5 Å². The lowest BCUT2D eigenvalue weighted by Crippen LogP contribution is -1.99. The van der Waals surface area contributed by atoms with E-state index in [2.05, 4.69) is 27.4 Å². The van der Waals surface area contributed by atoms with Crippen molar-refractivity contribution in [2.45, 2.75) is 17.8 Å². The van der Waals surface area contributed by atoms with Crippen LogP contribution in [-0.4, -0.2) is 29.6 Å². The number of hydrogen-bond acceptors (Lipinski definition) is 5. The smallest absolute Gasteiger partial charge is 0.214 e. The molecule has 0 aliphatic heterocycles. The number of hydrogen-bond donors (Lipinski definition) is 0. The van der Waals surface area contributed by atoms with Gasteiger partial charge in [0.15, 0.2) is 0 Å². The Kier molecular flexibility index (Phi) is 3.55. The van der Waals surface area contributed by atoms with Gasteiger partial charge in [-0.2, -0.15) is 4.68 Å². The van der Waals surface area contributed by atoms with E-state index in [1.54, 1.807) is 16.4 Å². The van der Waals surface area contributed by atoms with Gasteiger partial charge in [-0.25, -0.2) is 4.98 Å². The number of nitrogens with zero attached hydrogens (tertiary/aromatic N) is 6. The SMILES string of the molecule is Cc1ccc(-n2nnnc2SCc2cn3ccccc3n2)cc1. The first-order chi connectivity index (χ1) is 11.3. The molecule has 0 unspecified atom stereocenters. The van der Waals surface area contributed by atoms with Crippen LogP contribution in [0.4, 0.5) is 0 Å². The van der Waals surface area contributed by atoms with Gasteiger partial charge in [0.25, 0.3) is 0 Å². The number of thioether (sulfide) groups is 1. The Morgan fingerprint density at radius 1 is 1.09 bits per heavy atom. The fraction of sp³-hybridized carbons (Fsp3) is 0.125. The molecule has 0 saturated carbocycles. The molecule has 4 aromatic rings. The molecule has 3 aromatic heterocycles. The number of fused-ring (bicyclic) bond motifs is 1. The summed E-state index contributed by atoms with van der Waals surface area (Å²) in [6, 6.07) is 14.1. The Labute approximate surface area is 137 Å². The summed E-state index contributed by atoms with van der Waals surface area (Å²) in [6.45, 7) is 2.06. The van der Waals surface area contributed by atoms with Gasteiger partial charge in [0, 0.05) is 18.1 Å². The second kappa shape index (κ2) is 5.85.